The van der Waals surface area contributed by atoms with Gasteiger partial charge in [0.15, 0.2) is 0 Å². The second-order valence-electron chi connectivity index (χ2n) is 5.35. The molecule has 4 nitrogen and oxygen atoms in total. The summed E-state index contributed by atoms with van der Waals surface area (Å²) in [6.07, 6.45) is 4.97. The number of aromatic nitrogens is 2. The molecule has 0 spiro atoms. The van der Waals surface area contributed by atoms with Gasteiger partial charge in [-0.15, -0.1) is 10.2 Å². The zero-order valence-electron chi connectivity index (χ0n) is 11.5. The van der Waals surface area contributed by atoms with Crippen LogP contribution in [0.3, 0.4) is 0 Å². The Labute approximate surface area is 132 Å². The van der Waals surface area contributed by atoms with Gasteiger partial charge in [0, 0.05) is 5.02 Å². The molecule has 0 bridgehead atoms. The smallest absolute Gasteiger partial charge is 0.236 e. The lowest BCUT2D eigenvalue weighted by molar-refractivity contribution is -0.122. The number of benzene rings is 1. The van der Waals surface area contributed by atoms with Crippen molar-refractivity contribution in [2.45, 2.75) is 37.5 Å². The van der Waals surface area contributed by atoms with Crippen LogP contribution in [0, 0.1) is 0 Å². The highest BCUT2D eigenvalue weighted by Crippen LogP contribution is 2.41. The van der Waals surface area contributed by atoms with E-state index < -0.39 is 5.41 Å². The zero-order valence-corrected chi connectivity index (χ0v) is 13.1. The maximum Gasteiger partial charge on any atom is 0.236 e. The van der Waals surface area contributed by atoms with Crippen LogP contribution in [-0.4, -0.2) is 16.1 Å². The molecule has 0 saturated heterocycles. The van der Waals surface area contributed by atoms with Gasteiger partial charge in [0.1, 0.15) is 5.51 Å². The third-order valence-corrected chi connectivity index (χ3v) is 4.94. The summed E-state index contributed by atoms with van der Waals surface area (Å²) >= 11 is 7.45. The fourth-order valence-electron chi connectivity index (χ4n) is 3.03. The number of amides is 1. The second kappa shape index (κ2) is 6.12. The first kappa shape index (κ1) is 14.5. The van der Waals surface area contributed by atoms with Crippen LogP contribution in [0.1, 0.15) is 37.7 Å². The second-order valence-corrected chi connectivity index (χ2v) is 6.62. The summed E-state index contributed by atoms with van der Waals surface area (Å²) in [6.45, 7) is 0. The molecule has 1 amide bonds. The lowest BCUT2D eigenvalue weighted by Gasteiger charge is -2.36. The van der Waals surface area contributed by atoms with Crippen molar-refractivity contribution in [2.75, 3.05) is 5.32 Å². The molecule has 1 saturated carbocycles. The number of nitrogens with zero attached hydrogens (tertiary/aromatic N) is 2. The summed E-state index contributed by atoms with van der Waals surface area (Å²) in [6, 6.07) is 7.65. The molecule has 1 aromatic heterocycles. The predicted molar refractivity (Wildman–Crippen MR) is 84.8 cm³/mol. The van der Waals surface area contributed by atoms with Crippen molar-refractivity contribution in [1.82, 2.24) is 10.2 Å². The van der Waals surface area contributed by atoms with E-state index in [0.717, 1.165) is 31.2 Å². The Balaban J connectivity index is 1.94. The van der Waals surface area contributed by atoms with E-state index in [1.54, 1.807) is 5.51 Å². The van der Waals surface area contributed by atoms with E-state index in [9.17, 15) is 4.79 Å². The van der Waals surface area contributed by atoms with Crippen molar-refractivity contribution in [1.29, 1.82) is 0 Å². The molecule has 1 aromatic carbocycles. The standard InChI is InChI=1S/C15H16ClN3OS/c16-12-6-4-5-11(9-12)15(7-2-1-3-8-15)13(20)18-14-19-17-10-21-14/h4-6,9-10H,1-3,7-8H2,(H,18,19,20). The van der Waals surface area contributed by atoms with Crippen LogP contribution in [0.4, 0.5) is 5.13 Å². The minimum Gasteiger partial charge on any atom is -0.300 e. The van der Waals surface area contributed by atoms with Crippen LogP contribution < -0.4 is 5.32 Å². The third-order valence-electron chi connectivity index (χ3n) is 4.10. The zero-order chi connectivity index (χ0) is 14.7. The maximum absolute atomic E-state index is 12.9. The molecule has 1 N–H and O–H groups in total. The summed E-state index contributed by atoms with van der Waals surface area (Å²) < 4.78 is 0. The van der Waals surface area contributed by atoms with E-state index in [0.29, 0.717) is 10.2 Å². The van der Waals surface area contributed by atoms with E-state index >= 15 is 0 Å². The number of nitrogens with one attached hydrogen (secondary N) is 1. The largest absolute Gasteiger partial charge is 0.300 e. The summed E-state index contributed by atoms with van der Waals surface area (Å²) in [7, 11) is 0. The van der Waals surface area contributed by atoms with Gasteiger partial charge in [0.05, 0.1) is 5.41 Å². The molecule has 0 radical (unpaired) electrons. The Kier molecular flexibility index (Phi) is 4.22. The summed E-state index contributed by atoms with van der Waals surface area (Å²) in [5.41, 5.74) is 2.11. The molecular weight excluding hydrogens is 306 g/mol. The molecule has 0 unspecified atom stereocenters. The summed E-state index contributed by atoms with van der Waals surface area (Å²) in [4.78, 5) is 12.9. The molecule has 1 aliphatic carbocycles. The minimum atomic E-state index is -0.505. The van der Waals surface area contributed by atoms with Crippen LogP contribution >= 0.6 is 22.9 Å². The topological polar surface area (TPSA) is 54.9 Å². The fourth-order valence-corrected chi connectivity index (χ4v) is 3.66. The van der Waals surface area contributed by atoms with Crippen molar-refractivity contribution < 1.29 is 4.79 Å². The van der Waals surface area contributed by atoms with Crippen LogP contribution in [0.2, 0.25) is 5.02 Å². The third kappa shape index (κ3) is 2.94. The SMILES string of the molecule is O=C(Nc1nncs1)C1(c2cccc(Cl)c2)CCCCC1. The Hall–Kier alpha value is -1.46. The van der Waals surface area contributed by atoms with Gasteiger partial charge >= 0.3 is 0 Å². The van der Waals surface area contributed by atoms with Gasteiger partial charge < -0.3 is 0 Å². The lowest BCUT2D eigenvalue weighted by Crippen LogP contribution is -2.42. The molecule has 21 heavy (non-hydrogen) atoms. The van der Waals surface area contributed by atoms with Gasteiger partial charge in [-0.1, -0.05) is 54.3 Å². The van der Waals surface area contributed by atoms with Crippen LogP contribution in [0.25, 0.3) is 0 Å². The van der Waals surface area contributed by atoms with Crippen LogP contribution in [-0.2, 0) is 10.2 Å². The van der Waals surface area contributed by atoms with Crippen molar-refractivity contribution in [2.24, 2.45) is 0 Å². The number of rotatable bonds is 3. The van der Waals surface area contributed by atoms with Crippen LogP contribution in [0.5, 0.6) is 0 Å². The van der Waals surface area contributed by atoms with E-state index in [-0.39, 0.29) is 5.91 Å². The first-order valence-corrected chi connectivity index (χ1v) is 8.30. The summed E-state index contributed by atoms with van der Waals surface area (Å²) in [5, 5.41) is 11.8. The van der Waals surface area contributed by atoms with E-state index in [1.165, 1.54) is 17.8 Å². The first-order valence-electron chi connectivity index (χ1n) is 7.04. The van der Waals surface area contributed by atoms with Gasteiger partial charge in [0.25, 0.3) is 0 Å². The summed E-state index contributed by atoms with van der Waals surface area (Å²) in [5.74, 6) is 0.00113. The Bertz CT molecular complexity index is 624. The quantitative estimate of drug-likeness (QED) is 0.928. The Morgan fingerprint density at radius 1 is 1.29 bits per heavy atom. The minimum absolute atomic E-state index is 0.00113. The first-order chi connectivity index (χ1) is 10.2. The number of halogens is 1. The molecule has 1 heterocycles. The molecule has 1 aliphatic rings. The van der Waals surface area contributed by atoms with Crippen molar-refractivity contribution >= 4 is 34.0 Å². The maximum atomic E-state index is 12.9. The molecule has 3 rings (SSSR count). The average molecular weight is 322 g/mol. The molecule has 1 fully saturated rings. The molecule has 0 aliphatic heterocycles. The molecule has 110 valence electrons. The van der Waals surface area contributed by atoms with Gasteiger partial charge in [0.2, 0.25) is 11.0 Å². The average Bonchev–Trinajstić information content (AvgIpc) is 3.01. The van der Waals surface area contributed by atoms with Crippen LogP contribution in [0.15, 0.2) is 29.8 Å². The predicted octanol–water partition coefficient (Wildman–Crippen LogP) is 4.03. The molecule has 2 aromatic rings. The number of carbonyl (C=O) groups is 1. The van der Waals surface area contributed by atoms with Gasteiger partial charge in [-0.25, -0.2) is 0 Å². The van der Waals surface area contributed by atoms with E-state index in [2.05, 4.69) is 15.5 Å². The fraction of sp³-hybridized carbons (Fsp3) is 0.400. The number of anilines is 1. The van der Waals surface area contributed by atoms with Crippen molar-refractivity contribution in [3.8, 4) is 0 Å². The Morgan fingerprint density at radius 2 is 2.10 bits per heavy atom. The molecular formula is C15H16ClN3OS. The number of carbonyl (C=O) groups excluding carboxylic acids is 1. The highest BCUT2D eigenvalue weighted by molar-refractivity contribution is 7.13. The number of hydrogen-bond acceptors (Lipinski definition) is 4. The monoisotopic (exact) mass is 321 g/mol. The van der Waals surface area contributed by atoms with Crippen molar-refractivity contribution in [3.63, 3.8) is 0 Å². The highest BCUT2D eigenvalue weighted by Gasteiger charge is 2.41. The highest BCUT2D eigenvalue weighted by atomic mass is 35.5. The molecule has 0 atom stereocenters. The lowest BCUT2D eigenvalue weighted by atomic mass is 9.69. The van der Waals surface area contributed by atoms with Gasteiger partial charge in [-0.3, -0.25) is 10.1 Å². The molecule has 6 heteroatoms. The van der Waals surface area contributed by atoms with Gasteiger partial charge in [-0.05, 0) is 30.5 Å². The Morgan fingerprint density at radius 3 is 2.76 bits per heavy atom. The number of hydrogen-bond donors (Lipinski definition) is 1. The van der Waals surface area contributed by atoms with Gasteiger partial charge in [-0.2, -0.15) is 0 Å². The normalized spacial score (nSPS) is 17.4. The van der Waals surface area contributed by atoms with E-state index in [1.807, 2.05) is 24.3 Å². The van der Waals surface area contributed by atoms with E-state index in [4.69, 9.17) is 11.6 Å². The van der Waals surface area contributed by atoms with Crippen molar-refractivity contribution in [3.05, 3.63) is 40.4 Å².